The SMILES string of the molecule is Cl.FC(F)(F)O[C@@H]1CCNC1. The lowest BCUT2D eigenvalue weighted by Crippen LogP contribution is -2.25. The largest absolute Gasteiger partial charge is 0.522 e. The molecular formula is C5H9ClF3NO. The molecule has 1 saturated heterocycles. The second-order valence-corrected chi connectivity index (χ2v) is 2.18. The molecule has 0 radical (unpaired) electrons. The molecule has 1 aliphatic rings. The Morgan fingerprint density at radius 2 is 2.00 bits per heavy atom. The molecule has 0 spiro atoms. The third kappa shape index (κ3) is 4.44. The summed E-state index contributed by atoms with van der Waals surface area (Å²) in [5.41, 5.74) is 0. The van der Waals surface area contributed by atoms with E-state index in [0.29, 0.717) is 19.5 Å². The van der Waals surface area contributed by atoms with Crippen LogP contribution >= 0.6 is 12.4 Å². The van der Waals surface area contributed by atoms with E-state index >= 15 is 0 Å². The van der Waals surface area contributed by atoms with Gasteiger partial charge in [0, 0.05) is 6.54 Å². The first-order valence-electron chi connectivity index (χ1n) is 3.03. The molecule has 1 heterocycles. The van der Waals surface area contributed by atoms with Gasteiger partial charge >= 0.3 is 6.36 Å². The Balaban J connectivity index is 0.000001000. The molecule has 68 valence electrons. The Hall–Kier alpha value is -0.0000000000000000416. The van der Waals surface area contributed by atoms with Crippen molar-refractivity contribution >= 4 is 12.4 Å². The third-order valence-electron chi connectivity index (χ3n) is 1.32. The minimum absolute atomic E-state index is 0. The molecule has 0 bridgehead atoms. The maximum Gasteiger partial charge on any atom is 0.522 e. The maximum atomic E-state index is 11.5. The van der Waals surface area contributed by atoms with Gasteiger partial charge in [-0.3, -0.25) is 4.74 Å². The van der Waals surface area contributed by atoms with Crippen molar-refractivity contribution < 1.29 is 17.9 Å². The van der Waals surface area contributed by atoms with Gasteiger partial charge in [-0.25, -0.2) is 0 Å². The van der Waals surface area contributed by atoms with Crippen LogP contribution < -0.4 is 5.32 Å². The lowest BCUT2D eigenvalue weighted by Gasteiger charge is -2.11. The van der Waals surface area contributed by atoms with Gasteiger partial charge in [-0.05, 0) is 13.0 Å². The standard InChI is InChI=1S/C5H8F3NO.ClH/c6-5(7,8)10-4-1-2-9-3-4;/h4,9H,1-3H2;1H/t4-;/m1./s1. The predicted octanol–water partition coefficient (Wildman–Crippen LogP) is 1.31. The van der Waals surface area contributed by atoms with Gasteiger partial charge in [-0.15, -0.1) is 25.6 Å². The highest BCUT2D eigenvalue weighted by atomic mass is 35.5. The van der Waals surface area contributed by atoms with Crippen molar-refractivity contribution in [3.8, 4) is 0 Å². The molecule has 11 heavy (non-hydrogen) atoms. The summed E-state index contributed by atoms with van der Waals surface area (Å²) in [5.74, 6) is 0. The summed E-state index contributed by atoms with van der Waals surface area (Å²) in [6.07, 6.45) is -4.71. The molecule has 1 atom stereocenters. The molecular weight excluding hydrogens is 183 g/mol. The molecule has 0 aromatic heterocycles. The van der Waals surface area contributed by atoms with E-state index in [1.54, 1.807) is 0 Å². The van der Waals surface area contributed by atoms with Crippen LogP contribution in [0.3, 0.4) is 0 Å². The molecule has 0 saturated carbocycles. The van der Waals surface area contributed by atoms with Gasteiger partial charge in [0.1, 0.15) is 0 Å². The van der Waals surface area contributed by atoms with E-state index in [0.717, 1.165) is 0 Å². The summed E-state index contributed by atoms with van der Waals surface area (Å²) in [4.78, 5) is 0. The molecule has 0 unspecified atom stereocenters. The molecule has 6 heteroatoms. The number of ether oxygens (including phenoxy) is 1. The van der Waals surface area contributed by atoms with E-state index in [1.807, 2.05) is 0 Å². The van der Waals surface area contributed by atoms with Gasteiger partial charge in [0.25, 0.3) is 0 Å². The first kappa shape index (κ1) is 11.0. The van der Waals surface area contributed by atoms with Gasteiger partial charge in [0.2, 0.25) is 0 Å². The van der Waals surface area contributed by atoms with E-state index in [4.69, 9.17) is 0 Å². The van der Waals surface area contributed by atoms with Crippen molar-refractivity contribution in [1.82, 2.24) is 5.32 Å². The Labute approximate surface area is 68.5 Å². The van der Waals surface area contributed by atoms with Gasteiger partial charge in [0.05, 0.1) is 6.10 Å². The highest BCUT2D eigenvalue weighted by Crippen LogP contribution is 2.20. The van der Waals surface area contributed by atoms with E-state index in [-0.39, 0.29) is 12.4 Å². The molecule has 1 fully saturated rings. The quantitative estimate of drug-likeness (QED) is 0.675. The Kier molecular flexibility index (Phi) is 4.13. The van der Waals surface area contributed by atoms with Crippen LogP contribution in [0.4, 0.5) is 13.2 Å². The van der Waals surface area contributed by atoms with E-state index < -0.39 is 12.5 Å². The van der Waals surface area contributed by atoms with Crippen molar-refractivity contribution in [3.63, 3.8) is 0 Å². The fraction of sp³-hybridized carbons (Fsp3) is 1.00. The molecule has 1 rings (SSSR count). The number of hydrogen-bond donors (Lipinski definition) is 1. The smallest absolute Gasteiger partial charge is 0.314 e. The molecule has 1 aliphatic heterocycles. The Morgan fingerprint density at radius 1 is 1.36 bits per heavy atom. The zero-order valence-electron chi connectivity index (χ0n) is 5.65. The van der Waals surface area contributed by atoms with Gasteiger partial charge in [-0.1, -0.05) is 0 Å². The van der Waals surface area contributed by atoms with Crippen molar-refractivity contribution in [2.24, 2.45) is 0 Å². The molecule has 0 aromatic rings. The first-order valence-corrected chi connectivity index (χ1v) is 3.03. The number of nitrogens with one attached hydrogen (secondary N) is 1. The Bertz CT molecular complexity index is 113. The fourth-order valence-electron chi connectivity index (χ4n) is 0.918. The highest BCUT2D eigenvalue weighted by Gasteiger charge is 2.34. The second-order valence-electron chi connectivity index (χ2n) is 2.18. The second kappa shape index (κ2) is 4.13. The van der Waals surface area contributed by atoms with E-state index in [2.05, 4.69) is 10.1 Å². The van der Waals surface area contributed by atoms with Gasteiger partial charge in [0.15, 0.2) is 0 Å². The predicted molar refractivity (Wildman–Crippen MR) is 35.7 cm³/mol. The summed E-state index contributed by atoms with van der Waals surface area (Å²) in [6.45, 7) is 0.917. The van der Waals surface area contributed by atoms with Crippen LogP contribution in [0.2, 0.25) is 0 Å². The molecule has 1 N–H and O–H groups in total. The monoisotopic (exact) mass is 191 g/mol. The summed E-state index contributed by atoms with van der Waals surface area (Å²) in [7, 11) is 0. The van der Waals surface area contributed by atoms with Crippen LogP contribution in [-0.4, -0.2) is 25.6 Å². The first-order chi connectivity index (χ1) is 4.58. The van der Waals surface area contributed by atoms with Crippen LogP contribution in [0, 0.1) is 0 Å². The minimum Gasteiger partial charge on any atom is -0.314 e. The summed E-state index contributed by atoms with van der Waals surface area (Å²) < 4.78 is 38.1. The highest BCUT2D eigenvalue weighted by molar-refractivity contribution is 5.85. The van der Waals surface area contributed by atoms with Crippen molar-refractivity contribution in [2.75, 3.05) is 13.1 Å². The average molecular weight is 192 g/mol. The maximum absolute atomic E-state index is 11.5. The topological polar surface area (TPSA) is 21.3 Å². The normalized spacial score (nSPS) is 24.8. The van der Waals surface area contributed by atoms with Gasteiger partial charge in [-0.2, -0.15) is 0 Å². The molecule has 2 nitrogen and oxygen atoms in total. The van der Waals surface area contributed by atoms with Crippen LogP contribution in [0.5, 0.6) is 0 Å². The zero-order valence-corrected chi connectivity index (χ0v) is 6.47. The number of halogens is 4. The van der Waals surface area contributed by atoms with Crippen LogP contribution in [0.25, 0.3) is 0 Å². The van der Waals surface area contributed by atoms with Crippen molar-refractivity contribution in [3.05, 3.63) is 0 Å². The zero-order chi connectivity index (χ0) is 7.61. The molecule has 0 aromatic carbocycles. The number of hydrogen-bond acceptors (Lipinski definition) is 2. The number of alkyl halides is 3. The Morgan fingerprint density at radius 3 is 2.36 bits per heavy atom. The molecule has 0 aliphatic carbocycles. The van der Waals surface area contributed by atoms with Crippen LogP contribution in [0.1, 0.15) is 6.42 Å². The summed E-state index contributed by atoms with van der Waals surface area (Å²) in [5, 5.41) is 2.77. The summed E-state index contributed by atoms with van der Waals surface area (Å²) in [6, 6.07) is 0. The minimum atomic E-state index is -4.48. The molecule has 0 amide bonds. The van der Waals surface area contributed by atoms with E-state index in [9.17, 15) is 13.2 Å². The lowest BCUT2D eigenvalue weighted by molar-refractivity contribution is -0.339. The van der Waals surface area contributed by atoms with Crippen LogP contribution in [0.15, 0.2) is 0 Å². The average Bonchev–Trinajstić information content (AvgIpc) is 2.12. The fourth-order valence-corrected chi connectivity index (χ4v) is 0.918. The van der Waals surface area contributed by atoms with Crippen molar-refractivity contribution in [1.29, 1.82) is 0 Å². The third-order valence-corrected chi connectivity index (χ3v) is 1.32. The number of rotatable bonds is 1. The van der Waals surface area contributed by atoms with Crippen LogP contribution in [-0.2, 0) is 4.74 Å². The summed E-state index contributed by atoms with van der Waals surface area (Å²) >= 11 is 0. The van der Waals surface area contributed by atoms with Crippen molar-refractivity contribution in [2.45, 2.75) is 18.9 Å². The lowest BCUT2D eigenvalue weighted by atomic mass is 10.3. The van der Waals surface area contributed by atoms with Gasteiger partial charge < -0.3 is 5.32 Å². The van der Waals surface area contributed by atoms with E-state index in [1.165, 1.54) is 0 Å².